The number of carboxylic acid groups (broad SMARTS) is 1. The maximum Gasteiger partial charge on any atom is 0.304 e. The van der Waals surface area contributed by atoms with Crippen LogP contribution >= 0.6 is 11.3 Å². The molecule has 0 amide bonds. The lowest BCUT2D eigenvalue weighted by Crippen LogP contribution is -2.44. The Bertz CT molecular complexity index is 537. The molecular weight excluding hydrogens is 304 g/mol. The summed E-state index contributed by atoms with van der Waals surface area (Å²) in [6.07, 6.45) is 0.923. The third-order valence-corrected chi connectivity index (χ3v) is 5.71. The van der Waals surface area contributed by atoms with Gasteiger partial charge in [0.05, 0.1) is 11.9 Å². The zero-order valence-corrected chi connectivity index (χ0v) is 12.4. The van der Waals surface area contributed by atoms with Crippen LogP contribution in [0.1, 0.15) is 19.3 Å². The van der Waals surface area contributed by atoms with Crippen molar-refractivity contribution in [2.45, 2.75) is 30.3 Å². The van der Waals surface area contributed by atoms with Crippen molar-refractivity contribution < 1.29 is 23.1 Å². The van der Waals surface area contributed by atoms with Gasteiger partial charge in [0.25, 0.3) is 10.0 Å². The molecule has 0 unspecified atom stereocenters. The average molecular weight is 320 g/mol. The number of aliphatic carboxylic acids is 1. The second kappa shape index (κ2) is 6.61. The van der Waals surface area contributed by atoms with Crippen molar-refractivity contribution in [1.29, 1.82) is 0 Å². The van der Waals surface area contributed by atoms with E-state index in [1.165, 1.54) is 26.5 Å². The average Bonchev–Trinajstić information content (AvgIpc) is 2.94. The highest BCUT2D eigenvalue weighted by Gasteiger charge is 2.33. The van der Waals surface area contributed by atoms with E-state index in [9.17, 15) is 13.2 Å². The molecule has 0 aliphatic carbocycles. The molecule has 1 N–H and O–H groups in total. The molecule has 112 valence electrons. The Balaban J connectivity index is 2.22. The summed E-state index contributed by atoms with van der Waals surface area (Å²) in [7, 11) is -3.74. The summed E-state index contributed by atoms with van der Waals surface area (Å²) < 4.78 is 31.6. The van der Waals surface area contributed by atoms with Crippen molar-refractivity contribution in [1.82, 2.24) is 9.29 Å². The van der Waals surface area contributed by atoms with Crippen molar-refractivity contribution in [2.75, 3.05) is 19.8 Å². The van der Waals surface area contributed by atoms with Crippen LogP contribution in [0.5, 0.6) is 0 Å². The molecule has 1 fully saturated rings. The second-order valence-electron chi connectivity index (χ2n) is 4.43. The van der Waals surface area contributed by atoms with Crippen LogP contribution in [0, 0.1) is 0 Å². The number of ether oxygens (including phenoxy) is 1. The number of carbonyl (C=O) groups is 1. The van der Waals surface area contributed by atoms with E-state index in [0.29, 0.717) is 26.1 Å². The van der Waals surface area contributed by atoms with Crippen LogP contribution < -0.4 is 0 Å². The van der Waals surface area contributed by atoms with Gasteiger partial charge in [-0.1, -0.05) is 0 Å². The minimum Gasteiger partial charge on any atom is -0.481 e. The van der Waals surface area contributed by atoms with E-state index in [0.717, 1.165) is 0 Å². The molecule has 0 aromatic carbocycles. The highest BCUT2D eigenvalue weighted by molar-refractivity contribution is 7.89. The van der Waals surface area contributed by atoms with Gasteiger partial charge in [0.2, 0.25) is 0 Å². The monoisotopic (exact) mass is 320 g/mol. The molecule has 7 nitrogen and oxygen atoms in total. The Kier molecular flexibility index (Phi) is 5.08. The Labute approximate surface area is 121 Å². The van der Waals surface area contributed by atoms with Crippen LogP contribution in [0.4, 0.5) is 0 Å². The highest BCUT2D eigenvalue weighted by Crippen LogP contribution is 2.23. The minimum absolute atomic E-state index is 0.0145. The quantitative estimate of drug-likeness (QED) is 0.832. The molecule has 0 saturated carbocycles. The summed E-state index contributed by atoms with van der Waals surface area (Å²) in [5.41, 5.74) is 1.45. The minimum atomic E-state index is -3.74. The lowest BCUT2D eigenvalue weighted by atomic mass is 10.1. The van der Waals surface area contributed by atoms with E-state index in [4.69, 9.17) is 9.84 Å². The van der Waals surface area contributed by atoms with Gasteiger partial charge in [0, 0.05) is 31.2 Å². The maximum absolute atomic E-state index is 12.5. The number of thiazole rings is 1. The molecule has 0 bridgehead atoms. The molecule has 0 radical (unpaired) electrons. The Morgan fingerprint density at radius 2 is 2.20 bits per heavy atom. The number of hydrogen-bond donors (Lipinski definition) is 1. The highest BCUT2D eigenvalue weighted by atomic mass is 32.2. The Morgan fingerprint density at radius 1 is 1.50 bits per heavy atom. The first-order chi connectivity index (χ1) is 9.51. The van der Waals surface area contributed by atoms with E-state index in [2.05, 4.69) is 4.98 Å². The number of carboxylic acids is 1. The van der Waals surface area contributed by atoms with Gasteiger partial charge < -0.3 is 9.84 Å². The topological polar surface area (TPSA) is 96.8 Å². The molecule has 1 aliphatic heterocycles. The third kappa shape index (κ3) is 3.54. The smallest absolute Gasteiger partial charge is 0.304 e. The van der Waals surface area contributed by atoms with Gasteiger partial charge in [-0.3, -0.25) is 4.79 Å². The number of rotatable bonds is 6. The normalized spacial score (nSPS) is 17.4. The van der Waals surface area contributed by atoms with Gasteiger partial charge in [-0.05, 0) is 12.8 Å². The Morgan fingerprint density at radius 3 is 2.75 bits per heavy atom. The molecular formula is C11H16N2O5S2. The number of hydrogen-bond acceptors (Lipinski definition) is 6. The molecule has 9 heteroatoms. The van der Waals surface area contributed by atoms with Crippen LogP contribution in [-0.2, 0) is 19.6 Å². The fraction of sp³-hybridized carbons (Fsp3) is 0.636. The fourth-order valence-electron chi connectivity index (χ4n) is 2.13. The predicted molar refractivity (Wildman–Crippen MR) is 72.1 cm³/mol. The first-order valence-corrected chi connectivity index (χ1v) is 8.59. The molecule has 1 aromatic rings. The van der Waals surface area contributed by atoms with Crippen LogP contribution in [0.15, 0.2) is 15.9 Å². The maximum atomic E-state index is 12.5. The van der Waals surface area contributed by atoms with E-state index in [1.54, 1.807) is 0 Å². The first kappa shape index (κ1) is 15.4. The van der Waals surface area contributed by atoms with E-state index in [1.807, 2.05) is 0 Å². The molecule has 1 aliphatic rings. The van der Waals surface area contributed by atoms with Crippen LogP contribution in [0.25, 0.3) is 0 Å². The zero-order chi connectivity index (χ0) is 14.6. The van der Waals surface area contributed by atoms with Crippen LogP contribution in [0.2, 0.25) is 0 Å². The molecule has 0 atom stereocenters. The zero-order valence-electron chi connectivity index (χ0n) is 10.8. The molecule has 2 heterocycles. The summed E-state index contributed by atoms with van der Waals surface area (Å²) in [5, 5.41) is 10.2. The lowest BCUT2D eigenvalue weighted by molar-refractivity contribution is -0.137. The van der Waals surface area contributed by atoms with Gasteiger partial charge in [-0.25, -0.2) is 13.4 Å². The molecule has 20 heavy (non-hydrogen) atoms. The fourth-order valence-corrected chi connectivity index (χ4v) is 4.62. The van der Waals surface area contributed by atoms with Crippen LogP contribution in [-0.4, -0.2) is 54.6 Å². The summed E-state index contributed by atoms with van der Waals surface area (Å²) >= 11 is 1.20. The van der Waals surface area contributed by atoms with Crippen molar-refractivity contribution in [3.8, 4) is 0 Å². The van der Waals surface area contributed by atoms with E-state index >= 15 is 0 Å². The summed E-state index contributed by atoms with van der Waals surface area (Å²) in [6, 6.07) is -0.227. The largest absolute Gasteiger partial charge is 0.481 e. The predicted octanol–water partition coefficient (Wildman–Crippen LogP) is 0.787. The molecule has 2 rings (SSSR count). The first-order valence-electron chi connectivity index (χ1n) is 6.21. The van der Waals surface area contributed by atoms with E-state index < -0.39 is 16.0 Å². The van der Waals surface area contributed by atoms with E-state index in [-0.39, 0.29) is 24.0 Å². The van der Waals surface area contributed by atoms with Gasteiger partial charge in [0.1, 0.15) is 0 Å². The van der Waals surface area contributed by atoms with Crippen molar-refractivity contribution in [2.24, 2.45) is 0 Å². The van der Waals surface area contributed by atoms with Gasteiger partial charge >= 0.3 is 5.97 Å². The van der Waals surface area contributed by atoms with Gasteiger partial charge in [-0.2, -0.15) is 4.31 Å². The summed E-state index contributed by atoms with van der Waals surface area (Å²) in [5.74, 6) is -1.02. The third-order valence-electron chi connectivity index (χ3n) is 3.13. The standard InChI is InChI=1S/C11H16N2O5S2/c14-11(15)1-4-13(9-2-5-18-6-3-9)20(16,17)10-7-19-8-12-10/h7-9H,1-6H2,(H,14,15). The number of nitrogens with zero attached hydrogens (tertiary/aromatic N) is 2. The van der Waals surface area contributed by atoms with Crippen molar-refractivity contribution in [3.05, 3.63) is 10.9 Å². The summed E-state index contributed by atoms with van der Waals surface area (Å²) in [4.78, 5) is 14.6. The number of aromatic nitrogens is 1. The number of sulfonamides is 1. The second-order valence-corrected chi connectivity index (χ2v) is 6.99. The molecule has 1 saturated heterocycles. The summed E-state index contributed by atoms with van der Waals surface area (Å²) in [6.45, 7) is 0.932. The van der Waals surface area contributed by atoms with Crippen LogP contribution in [0.3, 0.4) is 0 Å². The SMILES string of the molecule is O=C(O)CCN(C1CCOCC1)S(=O)(=O)c1cscn1. The molecule has 1 aromatic heterocycles. The Hall–Kier alpha value is -1.03. The lowest BCUT2D eigenvalue weighted by Gasteiger charge is -2.32. The van der Waals surface area contributed by atoms with Crippen molar-refractivity contribution in [3.63, 3.8) is 0 Å². The molecule has 0 spiro atoms. The van der Waals surface area contributed by atoms with Gasteiger partial charge in [-0.15, -0.1) is 11.3 Å². The van der Waals surface area contributed by atoms with Gasteiger partial charge in [0.15, 0.2) is 5.03 Å². The van der Waals surface area contributed by atoms with Crippen molar-refractivity contribution >= 4 is 27.3 Å².